The minimum absolute atomic E-state index is 0.103. The van der Waals surface area contributed by atoms with E-state index in [4.69, 9.17) is 5.73 Å². The van der Waals surface area contributed by atoms with Crippen molar-refractivity contribution in [1.29, 1.82) is 0 Å². The van der Waals surface area contributed by atoms with Gasteiger partial charge in [0.1, 0.15) is 5.82 Å². The Kier molecular flexibility index (Phi) is 3.53. The first-order chi connectivity index (χ1) is 6.59. The first-order valence-corrected chi connectivity index (χ1v) is 4.36. The number of hydrogen-bond donors (Lipinski definition) is 2. The lowest BCUT2D eigenvalue weighted by molar-refractivity contribution is 0.628. The van der Waals surface area contributed by atoms with Crippen LogP contribution < -0.4 is 11.2 Å². The fourth-order valence-electron chi connectivity index (χ4n) is 0.895. The van der Waals surface area contributed by atoms with Crippen molar-refractivity contribution in [1.82, 2.24) is 5.43 Å². The number of thiocarbonyl (C=S) groups is 1. The molecule has 0 fully saturated rings. The molecule has 5 heteroatoms. The summed E-state index contributed by atoms with van der Waals surface area (Å²) in [4.78, 5) is 0. The molecule has 0 aliphatic rings. The normalized spacial score (nSPS) is 11.1. The Morgan fingerprint density at radius 1 is 1.43 bits per heavy atom. The lowest BCUT2D eigenvalue weighted by Gasteiger charge is -2.01. The molecular formula is C9H10FN3S. The molecule has 0 heterocycles. The van der Waals surface area contributed by atoms with Gasteiger partial charge in [-0.25, -0.2) is 4.39 Å². The van der Waals surface area contributed by atoms with E-state index in [-0.39, 0.29) is 10.9 Å². The zero-order valence-corrected chi connectivity index (χ0v) is 8.44. The van der Waals surface area contributed by atoms with Gasteiger partial charge in [-0.2, -0.15) is 5.10 Å². The SMILES string of the molecule is C/C(=N/NC(N)=S)c1ccc(F)cc1. The first-order valence-electron chi connectivity index (χ1n) is 3.95. The second-order valence-electron chi connectivity index (χ2n) is 2.68. The molecule has 1 rings (SSSR count). The van der Waals surface area contributed by atoms with Crippen molar-refractivity contribution in [2.24, 2.45) is 10.8 Å². The van der Waals surface area contributed by atoms with Gasteiger partial charge in [-0.05, 0) is 36.8 Å². The molecular weight excluding hydrogens is 201 g/mol. The lowest BCUT2D eigenvalue weighted by atomic mass is 10.1. The number of rotatable bonds is 2. The topological polar surface area (TPSA) is 50.4 Å². The molecule has 0 amide bonds. The van der Waals surface area contributed by atoms with Gasteiger partial charge >= 0.3 is 0 Å². The highest BCUT2D eigenvalue weighted by molar-refractivity contribution is 7.80. The van der Waals surface area contributed by atoms with E-state index < -0.39 is 0 Å². The molecule has 0 saturated carbocycles. The monoisotopic (exact) mass is 211 g/mol. The van der Waals surface area contributed by atoms with Crippen LogP contribution in [0.2, 0.25) is 0 Å². The van der Waals surface area contributed by atoms with Crippen LogP contribution in [0.4, 0.5) is 4.39 Å². The van der Waals surface area contributed by atoms with Crippen LogP contribution in [0, 0.1) is 5.82 Å². The van der Waals surface area contributed by atoms with Crippen molar-refractivity contribution in [3.05, 3.63) is 35.6 Å². The minimum atomic E-state index is -0.274. The Morgan fingerprint density at radius 3 is 2.50 bits per heavy atom. The average molecular weight is 211 g/mol. The van der Waals surface area contributed by atoms with Crippen molar-refractivity contribution >= 4 is 23.0 Å². The number of benzene rings is 1. The molecule has 3 nitrogen and oxygen atoms in total. The minimum Gasteiger partial charge on any atom is -0.375 e. The van der Waals surface area contributed by atoms with Crippen LogP contribution in [-0.2, 0) is 0 Å². The van der Waals surface area contributed by atoms with Crippen LogP contribution in [0.3, 0.4) is 0 Å². The van der Waals surface area contributed by atoms with Gasteiger partial charge < -0.3 is 5.73 Å². The molecule has 0 aliphatic carbocycles. The van der Waals surface area contributed by atoms with Gasteiger partial charge in [0.2, 0.25) is 0 Å². The Balaban J connectivity index is 2.78. The molecule has 74 valence electrons. The van der Waals surface area contributed by atoms with Crippen LogP contribution in [0.1, 0.15) is 12.5 Å². The summed E-state index contributed by atoms with van der Waals surface area (Å²) < 4.78 is 12.6. The second kappa shape index (κ2) is 4.66. The van der Waals surface area contributed by atoms with Crippen molar-refractivity contribution in [3.63, 3.8) is 0 Å². The molecule has 0 atom stereocenters. The lowest BCUT2D eigenvalue weighted by Crippen LogP contribution is -2.25. The average Bonchev–Trinajstić information content (AvgIpc) is 2.15. The Labute approximate surface area is 86.8 Å². The molecule has 3 N–H and O–H groups in total. The Hall–Kier alpha value is -1.49. The third-order valence-corrected chi connectivity index (χ3v) is 1.69. The smallest absolute Gasteiger partial charge is 0.184 e. The maximum atomic E-state index is 12.6. The number of nitrogens with one attached hydrogen (secondary N) is 1. The molecule has 0 radical (unpaired) electrons. The molecule has 14 heavy (non-hydrogen) atoms. The third-order valence-electron chi connectivity index (χ3n) is 1.60. The van der Waals surface area contributed by atoms with Crippen molar-refractivity contribution < 1.29 is 4.39 Å². The maximum Gasteiger partial charge on any atom is 0.184 e. The van der Waals surface area contributed by atoms with E-state index >= 15 is 0 Å². The van der Waals surface area contributed by atoms with E-state index in [0.29, 0.717) is 5.71 Å². The van der Waals surface area contributed by atoms with Crippen LogP contribution in [0.25, 0.3) is 0 Å². The second-order valence-corrected chi connectivity index (χ2v) is 3.12. The van der Waals surface area contributed by atoms with E-state index in [1.165, 1.54) is 12.1 Å². The predicted molar refractivity (Wildman–Crippen MR) is 58.5 cm³/mol. The standard InChI is InChI=1S/C9H10FN3S/c1-6(12-13-9(11)14)7-2-4-8(10)5-3-7/h2-5H,1H3,(H3,11,13,14)/b12-6-. The molecule has 0 aliphatic heterocycles. The Bertz CT molecular complexity index is 359. The summed E-state index contributed by atoms with van der Waals surface area (Å²) in [5.74, 6) is -0.274. The summed E-state index contributed by atoms with van der Waals surface area (Å²) >= 11 is 4.58. The number of nitrogens with two attached hydrogens (primary N) is 1. The van der Waals surface area contributed by atoms with E-state index in [2.05, 4.69) is 22.7 Å². The van der Waals surface area contributed by atoms with Crippen LogP contribution in [0.5, 0.6) is 0 Å². The highest BCUT2D eigenvalue weighted by Gasteiger charge is 1.97. The van der Waals surface area contributed by atoms with E-state index in [9.17, 15) is 4.39 Å². The fraction of sp³-hybridized carbons (Fsp3) is 0.111. The zero-order valence-electron chi connectivity index (χ0n) is 7.62. The number of hydrazone groups is 1. The van der Waals surface area contributed by atoms with Gasteiger partial charge in [-0.3, -0.25) is 5.43 Å². The fourth-order valence-corrected chi connectivity index (χ4v) is 0.940. The van der Waals surface area contributed by atoms with Crippen molar-refractivity contribution in [2.75, 3.05) is 0 Å². The zero-order chi connectivity index (χ0) is 10.6. The van der Waals surface area contributed by atoms with E-state index in [1.54, 1.807) is 19.1 Å². The van der Waals surface area contributed by atoms with Crippen LogP contribution in [0.15, 0.2) is 29.4 Å². The Morgan fingerprint density at radius 2 is 2.00 bits per heavy atom. The molecule has 0 bridgehead atoms. The number of nitrogens with zero attached hydrogens (tertiary/aromatic N) is 1. The quantitative estimate of drug-likeness (QED) is 0.441. The highest BCUT2D eigenvalue weighted by atomic mass is 32.1. The van der Waals surface area contributed by atoms with Gasteiger partial charge in [0.25, 0.3) is 0 Å². The summed E-state index contributed by atoms with van der Waals surface area (Å²) in [6, 6.07) is 6.01. The maximum absolute atomic E-state index is 12.6. The molecule has 0 spiro atoms. The molecule has 0 unspecified atom stereocenters. The summed E-state index contributed by atoms with van der Waals surface area (Å²) in [7, 11) is 0. The molecule has 1 aromatic rings. The summed E-state index contributed by atoms with van der Waals surface area (Å²) in [6.45, 7) is 1.78. The summed E-state index contributed by atoms with van der Waals surface area (Å²) in [5.41, 5.74) is 9.17. The third kappa shape index (κ3) is 3.10. The summed E-state index contributed by atoms with van der Waals surface area (Å²) in [6.07, 6.45) is 0. The highest BCUT2D eigenvalue weighted by Crippen LogP contribution is 2.03. The van der Waals surface area contributed by atoms with Gasteiger partial charge in [0, 0.05) is 0 Å². The van der Waals surface area contributed by atoms with Crippen molar-refractivity contribution in [3.8, 4) is 0 Å². The van der Waals surface area contributed by atoms with E-state index in [1.807, 2.05) is 0 Å². The number of hydrogen-bond acceptors (Lipinski definition) is 2. The summed E-state index contributed by atoms with van der Waals surface area (Å²) in [5, 5.41) is 4.00. The number of halogens is 1. The largest absolute Gasteiger partial charge is 0.375 e. The van der Waals surface area contributed by atoms with Crippen LogP contribution >= 0.6 is 12.2 Å². The van der Waals surface area contributed by atoms with Gasteiger partial charge in [0.05, 0.1) is 5.71 Å². The molecule has 0 aromatic heterocycles. The predicted octanol–water partition coefficient (Wildman–Crippen LogP) is 1.38. The van der Waals surface area contributed by atoms with Crippen LogP contribution in [-0.4, -0.2) is 10.8 Å². The van der Waals surface area contributed by atoms with E-state index in [0.717, 1.165) is 5.56 Å². The first kappa shape index (κ1) is 10.6. The van der Waals surface area contributed by atoms with Gasteiger partial charge in [-0.1, -0.05) is 12.1 Å². The molecule has 0 saturated heterocycles. The van der Waals surface area contributed by atoms with Crippen molar-refractivity contribution in [2.45, 2.75) is 6.92 Å². The van der Waals surface area contributed by atoms with Gasteiger partial charge in [-0.15, -0.1) is 0 Å². The van der Waals surface area contributed by atoms with Gasteiger partial charge in [0.15, 0.2) is 5.11 Å². The molecule has 1 aromatic carbocycles.